The van der Waals surface area contributed by atoms with Crippen LogP contribution in [0.2, 0.25) is 0 Å². The number of imide groups is 1. The molecule has 134 valence electrons. The van der Waals surface area contributed by atoms with Crippen LogP contribution in [0.3, 0.4) is 0 Å². The van der Waals surface area contributed by atoms with Gasteiger partial charge in [-0.25, -0.2) is 0 Å². The average Bonchev–Trinajstić information content (AvgIpc) is 3.34. The maximum atomic E-state index is 12.4. The zero-order valence-corrected chi connectivity index (χ0v) is 14.9. The van der Waals surface area contributed by atoms with E-state index >= 15 is 0 Å². The second-order valence-electron chi connectivity index (χ2n) is 6.80. The maximum absolute atomic E-state index is 12.4. The summed E-state index contributed by atoms with van der Waals surface area (Å²) in [6.07, 6.45) is 11.3. The second-order valence-corrected chi connectivity index (χ2v) is 7.79. The largest absolute Gasteiger partial charge is 0.354 e. The number of carbonyl (C=O) groups excluding carboxylic acids is 3. The van der Waals surface area contributed by atoms with Gasteiger partial charge in [0.1, 0.15) is 0 Å². The van der Waals surface area contributed by atoms with Crippen molar-refractivity contribution in [2.75, 3.05) is 13.1 Å². The molecule has 0 unspecified atom stereocenters. The van der Waals surface area contributed by atoms with E-state index in [-0.39, 0.29) is 36.1 Å². The lowest BCUT2D eigenvalue weighted by Crippen LogP contribution is -2.40. The van der Waals surface area contributed by atoms with Crippen LogP contribution < -0.4 is 5.32 Å². The van der Waals surface area contributed by atoms with Crippen LogP contribution in [0.4, 0.5) is 4.79 Å². The lowest BCUT2D eigenvalue weighted by atomic mass is 9.93. The molecule has 6 nitrogen and oxygen atoms in total. The van der Waals surface area contributed by atoms with Crippen molar-refractivity contribution in [2.45, 2.75) is 12.8 Å². The molecule has 2 bridgehead atoms. The molecule has 1 saturated carbocycles. The Bertz CT molecular complexity index is 806. The van der Waals surface area contributed by atoms with Crippen molar-refractivity contribution in [3.8, 4) is 0 Å². The van der Waals surface area contributed by atoms with Crippen LogP contribution in [0, 0.1) is 17.8 Å². The number of amides is 3. The first-order valence-corrected chi connectivity index (χ1v) is 9.55. The summed E-state index contributed by atoms with van der Waals surface area (Å²) in [7, 11) is 0. The number of pyridine rings is 1. The van der Waals surface area contributed by atoms with E-state index in [1.165, 1.54) is 4.90 Å². The minimum Gasteiger partial charge on any atom is -0.354 e. The first-order valence-electron chi connectivity index (χ1n) is 8.73. The van der Waals surface area contributed by atoms with Crippen LogP contribution >= 0.6 is 11.8 Å². The summed E-state index contributed by atoms with van der Waals surface area (Å²) in [4.78, 5) is 42.4. The Morgan fingerprint density at radius 1 is 1.35 bits per heavy atom. The SMILES string of the molecule is O=C(NCCN1C(=O)S/C(=C\c2cccnc2)C1=O)[C@@H]1C[C@H]2C=C[C@@H]1C2. The number of aromatic nitrogens is 1. The van der Waals surface area contributed by atoms with Crippen molar-refractivity contribution in [1.29, 1.82) is 0 Å². The summed E-state index contributed by atoms with van der Waals surface area (Å²) in [5.74, 6) is 0.625. The van der Waals surface area contributed by atoms with Crippen molar-refractivity contribution >= 4 is 34.9 Å². The van der Waals surface area contributed by atoms with Crippen molar-refractivity contribution < 1.29 is 14.4 Å². The number of allylic oxidation sites excluding steroid dienone is 2. The van der Waals surface area contributed by atoms with Crippen molar-refractivity contribution in [1.82, 2.24) is 15.2 Å². The van der Waals surface area contributed by atoms with E-state index in [0.717, 1.165) is 30.2 Å². The summed E-state index contributed by atoms with van der Waals surface area (Å²) in [5.41, 5.74) is 0.774. The third kappa shape index (κ3) is 3.31. The first kappa shape index (κ1) is 17.0. The highest BCUT2D eigenvalue weighted by atomic mass is 32.2. The summed E-state index contributed by atoms with van der Waals surface area (Å²) in [6.45, 7) is 0.478. The summed E-state index contributed by atoms with van der Waals surface area (Å²) >= 11 is 0.920. The standard InChI is InChI=1S/C19H19N3O3S/c23-17(15-9-12-3-4-14(15)8-12)21-6-7-22-18(24)16(26-19(22)25)10-13-2-1-5-20-11-13/h1-5,10-12,14-15H,6-9H2,(H,21,23)/b16-10-/t12-,14+,15+/m0/s1. The fourth-order valence-electron chi connectivity index (χ4n) is 3.81. The molecule has 1 N–H and O–H groups in total. The lowest BCUT2D eigenvalue weighted by molar-refractivity contribution is -0.127. The van der Waals surface area contributed by atoms with Crippen LogP contribution in [-0.4, -0.2) is 40.0 Å². The molecule has 1 aliphatic heterocycles. The molecular weight excluding hydrogens is 350 g/mol. The van der Waals surface area contributed by atoms with Gasteiger partial charge in [0.15, 0.2) is 0 Å². The number of carbonyl (C=O) groups is 3. The molecular formula is C19H19N3O3S. The third-order valence-electron chi connectivity index (χ3n) is 5.11. The highest BCUT2D eigenvalue weighted by Gasteiger charge is 2.40. The minimum absolute atomic E-state index is 0.0275. The molecule has 26 heavy (non-hydrogen) atoms. The number of rotatable bonds is 5. The van der Waals surface area contributed by atoms with Crippen LogP contribution in [0.1, 0.15) is 18.4 Å². The monoisotopic (exact) mass is 369 g/mol. The maximum Gasteiger partial charge on any atom is 0.293 e. The Hall–Kier alpha value is -2.41. The van der Waals surface area contributed by atoms with Gasteiger partial charge in [-0.05, 0) is 54.1 Å². The first-order chi connectivity index (χ1) is 12.6. The van der Waals surface area contributed by atoms with Gasteiger partial charge in [-0.2, -0.15) is 0 Å². The van der Waals surface area contributed by atoms with Crippen LogP contribution in [0.15, 0.2) is 41.6 Å². The molecule has 1 aromatic rings. The molecule has 0 aromatic carbocycles. The van der Waals surface area contributed by atoms with Gasteiger partial charge in [-0.15, -0.1) is 0 Å². The van der Waals surface area contributed by atoms with Gasteiger partial charge in [0.05, 0.1) is 4.91 Å². The van der Waals surface area contributed by atoms with Gasteiger partial charge >= 0.3 is 0 Å². The normalized spacial score (nSPS) is 28.4. The van der Waals surface area contributed by atoms with E-state index in [1.807, 2.05) is 6.07 Å². The topological polar surface area (TPSA) is 79.4 Å². The molecule has 2 heterocycles. The average molecular weight is 369 g/mol. The minimum atomic E-state index is -0.319. The van der Waals surface area contributed by atoms with Gasteiger partial charge < -0.3 is 5.32 Å². The smallest absolute Gasteiger partial charge is 0.293 e. The predicted molar refractivity (Wildman–Crippen MR) is 98.8 cm³/mol. The predicted octanol–water partition coefficient (Wildman–Crippen LogP) is 2.45. The Morgan fingerprint density at radius 2 is 2.23 bits per heavy atom. The van der Waals surface area contributed by atoms with Gasteiger partial charge in [-0.3, -0.25) is 24.3 Å². The molecule has 0 radical (unpaired) electrons. The van der Waals surface area contributed by atoms with Gasteiger partial charge in [-0.1, -0.05) is 18.2 Å². The Kier molecular flexibility index (Phi) is 4.63. The molecule has 2 aliphatic carbocycles. The summed E-state index contributed by atoms with van der Waals surface area (Å²) in [5, 5.41) is 2.58. The molecule has 1 aromatic heterocycles. The summed E-state index contributed by atoms with van der Waals surface area (Å²) < 4.78 is 0. The lowest BCUT2D eigenvalue weighted by Gasteiger charge is -2.19. The highest BCUT2D eigenvalue weighted by molar-refractivity contribution is 8.18. The van der Waals surface area contributed by atoms with Crippen LogP contribution in [0.25, 0.3) is 6.08 Å². The summed E-state index contributed by atoms with van der Waals surface area (Å²) in [6, 6.07) is 3.60. The number of thioether (sulfide) groups is 1. The fraction of sp³-hybridized carbons (Fsp3) is 0.368. The zero-order valence-electron chi connectivity index (χ0n) is 14.1. The highest BCUT2D eigenvalue weighted by Crippen LogP contribution is 2.43. The molecule has 0 spiro atoms. The number of hydrogen-bond donors (Lipinski definition) is 1. The molecule has 7 heteroatoms. The molecule has 3 aliphatic rings. The number of nitrogens with one attached hydrogen (secondary N) is 1. The van der Waals surface area contributed by atoms with E-state index in [2.05, 4.69) is 22.5 Å². The van der Waals surface area contributed by atoms with E-state index in [1.54, 1.807) is 24.5 Å². The fourth-order valence-corrected chi connectivity index (χ4v) is 4.67. The van der Waals surface area contributed by atoms with Gasteiger partial charge in [0.2, 0.25) is 5.91 Å². The Morgan fingerprint density at radius 3 is 2.92 bits per heavy atom. The molecule has 4 rings (SSSR count). The number of fused-ring (bicyclic) bond motifs is 2. The molecule has 3 amide bonds. The Balaban J connectivity index is 1.31. The number of hydrogen-bond acceptors (Lipinski definition) is 5. The van der Waals surface area contributed by atoms with E-state index in [0.29, 0.717) is 16.7 Å². The molecule has 1 saturated heterocycles. The third-order valence-corrected chi connectivity index (χ3v) is 6.01. The van der Waals surface area contributed by atoms with Crippen LogP contribution in [-0.2, 0) is 9.59 Å². The molecule has 2 fully saturated rings. The zero-order chi connectivity index (χ0) is 18.1. The van der Waals surface area contributed by atoms with Crippen LogP contribution in [0.5, 0.6) is 0 Å². The Labute approximate surface area is 155 Å². The van der Waals surface area contributed by atoms with E-state index in [4.69, 9.17) is 0 Å². The quantitative estimate of drug-likeness (QED) is 0.637. The van der Waals surface area contributed by atoms with Crippen molar-refractivity contribution in [3.05, 3.63) is 47.1 Å². The van der Waals surface area contributed by atoms with Crippen molar-refractivity contribution in [3.63, 3.8) is 0 Å². The second kappa shape index (κ2) is 7.07. The van der Waals surface area contributed by atoms with Gasteiger partial charge in [0.25, 0.3) is 11.1 Å². The number of nitrogens with zero attached hydrogens (tertiary/aromatic N) is 2. The van der Waals surface area contributed by atoms with Gasteiger partial charge in [0, 0.05) is 31.4 Å². The van der Waals surface area contributed by atoms with Crippen molar-refractivity contribution in [2.24, 2.45) is 17.8 Å². The molecule has 3 atom stereocenters. The van der Waals surface area contributed by atoms with E-state index in [9.17, 15) is 14.4 Å². The van der Waals surface area contributed by atoms with E-state index < -0.39 is 0 Å².